The van der Waals surface area contributed by atoms with Crippen molar-refractivity contribution in [2.45, 2.75) is 18.9 Å². The minimum absolute atomic E-state index is 0.0864. The van der Waals surface area contributed by atoms with Crippen molar-refractivity contribution in [3.05, 3.63) is 81.0 Å². The SMILES string of the molecule is O=C(O)C1CCCN(C(c2ccc(-c3ccccc3)cc2)c2ccc(Br)s2)C1. The smallest absolute Gasteiger partial charge is 0.307 e. The molecule has 1 aliphatic heterocycles. The third-order valence-corrected chi connectivity index (χ3v) is 7.04. The van der Waals surface area contributed by atoms with Crippen LogP contribution in [0, 0.1) is 5.92 Å². The molecule has 0 saturated carbocycles. The molecule has 0 spiro atoms. The van der Waals surface area contributed by atoms with E-state index in [1.165, 1.54) is 21.6 Å². The molecule has 4 rings (SSSR count). The Labute approximate surface area is 177 Å². The van der Waals surface area contributed by atoms with Crippen LogP contribution in [0.15, 0.2) is 70.5 Å². The first-order chi connectivity index (χ1) is 13.6. The van der Waals surface area contributed by atoms with Gasteiger partial charge < -0.3 is 5.11 Å². The summed E-state index contributed by atoms with van der Waals surface area (Å²) in [6.45, 7) is 1.51. The van der Waals surface area contributed by atoms with E-state index in [9.17, 15) is 9.90 Å². The molecular formula is C23H22BrNO2S. The van der Waals surface area contributed by atoms with Crippen molar-refractivity contribution in [2.75, 3.05) is 13.1 Å². The number of aliphatic carboxylic acids is 1. The van der Waals surface area contributed by atoms with Crippen molar-refractivity contribution in [1.82, 2.24) is 4.90 Å². The molecule has 2 heterocycles. The first-order valence-corrected chi connectivity index (χ1v) is 11.1. The second-order valence-corrected chi connectivity index (χ2v) is 9.70. The molecule has 1 fully saturated rings. The minimum atomic E-state index is -0.685. The van der Waals surface area contributed by atoms with Crippen molar-refractivity contribution < 1.29 is 9.90 Å². The molecule has 2 unspecified atom stereocenters. The molecule has 3 aromatic rings. The zero-order chi connectivity index (χ0) is 19.5. The van der Waals surface area contributed by atoms with E-state index in [4.69, 9.17) is 0 Å². The molecule has 1 aromatic heterocycles. The highest BCUT2D eigenvalue weighted by atomic mass is 79.9. The lowest BCUT2D eigenvalue weighted by atomic mass is 9.93. The molecule has 0 bridgehead atoms. The molecular weight excluding hydrogens is 434 g/mol. The van der Waals surface area contributed by atoms with Crippen LogP contribution in [-0.4, -0.2) is 29.1 Å². The van der Waals surface area contributed by atoms with E-state index >= 15 is 0 Å². The van der Waals surface area contributed by atoms with Gasteiger partial charge in [0, 0.05) is 11.4 Å². The fourth-order valence-corrected chi connectivity index (χ4v) is 5.55. The van der Waals surface area contributed by atoms with Crippen LogP contribution in [0.5, 0.6) is 0 Å². The van der Waals surface area contributed by atoms with Gasteiger partial charge in [0.25, 0.3) is 0 Å². The van der Waals surface area contributed by atoms with Crippen LogP contribution >= 0.6 is 27.3 Å². The number of nitrogens with zero attached hydrogens (tertiary/aromatic N) is 1. The zero-order valence-corrected chi connectivity index (χ0v) is 17.8. The highest BCUT2D eigenvalue weighted by molar-refractivity contribution is 9.11. The molecule has 144 valence electrons. The summed E-state index contributed by atoms with van der Waals surface area (Å²) in [5.74, 6) is -0.974. The minimum Gasteiger partial charge on any atom is -0.481 e. The summed E-state index contributed by atoms with van der Waals surface area (Å²) in [5, 5.41) is 9.51. The van der Waals surface area contributed by atoms with Gasteiger partial charge in [0.2, 0.25) is 0 Å². The topological polar surface area (TPSA) is 40.5 Å². The molecule has 1 N–H and O–H groups in total. The van der Waals surface area contributed by atoms with E-state index in [-0.39, 0.29) is 12.0 Å². The van der Waals surface area contributed by atoms with Crippen LogP contribution in [-0.2, 0) is 4.79 Å². The Morgan fingerprint density at radius 1 is 1.04 bits per heavy atom. The number of benzene rings is 2. The quantitative estimate of drug-likeness (QED) is 0.507. The zero-order valence-electron chi connectivity index (χ0n) is 15.4. The van der Waals surface area contributed by atoms with Crippen LogP contribution in [0.1, 0.15) is 29.3 Å². The molecule has 5 heteroatoms. The summed E-state index contributed by atoms with van der Waals surface area (Å²) in [4.78, 5) is 15.1. The van der Waals surface area contributed by atoms with Gasteiger partial charge >= 0.3 is 5.97 Å². The van der Waals surface area contributed by atoms with E-state index in [2.05, 4.69) is 81.5 Å². The predicted octanol–water partition coefficient (Wildman–Crippen LogP) is 6.06. The van der Waals surface area contributed by atoms with Crippen LogP contribution in [0.2, 0.25) is 0 Å². The van der Waals surface area contributed by atoms with Gasteiger partial charge in [-0.25, -0.2) is 0 Å². The average Bonchev–Trinajstić information content (AvgIpc) is 3.15. The maximum atomic E-state index is 11.6. The fourth-order valence-electron chi connectivity index (χ4n) is 3.96. The Hall–Kier alpha value is -1.95. The van der Waals surface area contributed by atoms with Crippen molar-refractivity contribution in [3.8, 4) is 11.1 Å². The fraction of sp³-hybridized carbons (Fsp3) is 0.261. The van der Waals surface area contributed by atoms with Gasteiger partial charge in [-0.15, -0.1) is 11.3 Å². The number of hydrogen-bond acceptors (Lipinski definition) is 3. The van der Waals surface area contributed by atoms with E-state index in [0.29, 0.717) is 6.54 Å². The highest BCUT2D eigenvalue weighted by Gasteiger charge is 2.31. The molecule has 28 heavy (non-hydrogen) atoms. The van der Waals surface area contributed by atoms with E-state index in [1.54, 1.807) is 11.3 Å². The van der Waals surface area contributed by atoms with Gasteiger partial charge in [-0.05, 0) is 64.1 Å². The summed E-state index contributed by atoms with van der Waals surface area (Å²) in [7, 11) is 0. The number of rotatable bonds is 5. The number of halogens is 1. The van der Waals surface area contributed by atoms with Gasteiger partial charge in [-0.1, -0.05) is 54.6 Å². The molecule has 0 aliphatic carbocycles. The number of likely N-dealkylation sites (tertiary alicyclic amines) is 1. The van der Waals surface area contributed by atoms with Gasteiger partial charge in [-0.3, -0.25) is 9.69 Å². The van der Waals surface area contributed by atoms with Crippen LogP contribution in [0.3, 0.4) is 0 Å². The van der Waals surface area contributed by atoms with Crippen LogP contribution in [0.25, 0.3) is 11.1 Å². The van der Waals surface area contributed by atoms with Crippen molar-refractivity contribution in [1.29, 1.82) is 0 Å². The number of hydrogen-bond donors (Lipinski definition) is 1. The second kappa shape index (κ2) is 8.60. The number of carboxylic acids is 1. The molecule has 2 aromatic carbocycles. The van der Waals surface area contributed by atoms with E-state index < -0.39 is 5.97 Å². The largest absolute Gasteiger partial charge is 0.481 e. The Kier molecular flexibility index (Phi) is 5.95. The van der Waals surface area contributed by atoms with Gasteiger partial charge in [0.1, 0.15) is 0 Å². The Balaban J connectivity index is 1.67. The van der Waals surface area contributed by atoms with Gasteiger partial charge in [-0.2, -0.15) is 0 Å². The summed E-state index contributed by atoms with van der Waals surface area (Å²) in [5.41, 5.74) is 3.60. The standard InChI is InChI=1S/C23H22BrNO2S/c24-21-13-12-20(28-21)22(25-14-4-7-19(15-25)23(26)27)18-10-8-17(9-11-18)16-5-2-1-3-6-16/h1-3,5-6,8-13,19,22H,4,7,14-15H2,(H,26,27). The predicted molar refractivity (Wildman–Crippen MR) is 118 cm³/mol. The monoisotopic (exact) mass is 455 g/mol. The number of piperidine rings is 1. The molecule has 1 aliphatic rings. The first kappa shape index (κ1) is 19.4. The summed E-state index contributed by atoms with van der Waals surface area (Å²) >= 11 is 5.30. The molecule has 0 amide bonds. The van der Waals surface area contributed by atoms with E-state index in [1.807, 2.05) is 6.07 Å². The van der Waals surface area contributed by atoms with Gasteiger partial charge in [0.15, 0.2) is 0 Å². The number of thiophene rings is 1. The Bertz CT molecular complexity index is 939. The summed E-state index contributed by atoms with van der Waals surface area (Å²) in [6, 6.07) is 23.4. The lowest BCUT2D eigenvalue weighted by molar-refractivity contribution is -0.143. The number of carbonyl (C=O) groups is 1. The van der Waals surface area contributed by atoms with Crippen molar-refractivity contribution in [2.24, 2.45) is 5.92 Å². The molecule has 0 radical (unpaired) electrons. The maximum absolute atomic E-state index is 11.6. The third kappa shape index (κ3) is 4.22. The van der Waals surface area contributed by atoms with Crippen LogP contribution < -0.4 is 0 Å². The Morgan fingerprint density at radius 3 is 2.39 bits per heavy atom. The lowest BCUT2D eigenvalue weighted by Crippen LogP contribution is -2.41. The van der Waals surface area contributed by atoms with Crippen LogP contribution in [0.4, 0.5) is 0 Å². The molecule has 2 atom stereocenters. The summed E-state index contributed by atoms with van der Waals surface area (Å²) < 4.78 is 1.10. The second-order valence-electron chi connectivity index (χ2n) is 7.20. The average molecular weight is 456 g/mol. The van der Waals surface area contributed by atoms with Crippen molar-refractivity contribution in [3.63, 3.8) is 0 Å². The Morgan fingerprint density at radius 2 is 1.75 bits per heavy atom. The maximum Gasteiger partial charge on any atom is 0.307 e. The first-order valence-electron chi connectivity index (χ1n) is 9.49. The molecule has 3 nitrogen and oxygen atoms in total. The third-order valence-electron chi connectivity index (χ3n) is 5.36. The lowest BCUT2D eigenvalue weighted by Gasteiger charge is -2.37. The van der Waals surface area contributed by atoms with Gasteiger partial charge in [0.05, 0.1) is 15.7 Å². The normalized spacial score (nSPS) is 18.7. The number of carboxylic acid groups (broad SMARTS) is 1. The van der Waals surface area contributed by atoms with E-state index in [0.717, 1.165) is 23.2 Å². The highest BCUT2D eigenvalue weighted by Crippen LogP contribution is 2.38. The van der Waals surface area contributed by atoms with Crippen molar-refractivity contribution >= 4 is 33.2 Å². The summed E-state index contributed by atoms with van der Waals surface area (Å²) in [6.07, 6.45) is 1.68. The molecule has 1 saturated heterocycles.